The molecule has 4 aromatic rings. The van der Waals surface area contributed by atoms with Crippen molar-refractivity contribution in [2.45, 2.75) is 32.0 Å². The molecule has 42 heavy (non-hydrogen) atoms. The van der Waals surface area contributed by atoms with Gasteiger partial charge in [0.25, 0.3) is 5.91 Å². The van der Waals surface area contributed by atoms with E-state index >= 15 is 0 Å². The molecule has 0 bridgehead atoms. The van der Waals surface area contributed by atoms with Gasteiger partial charge in [-0.15, -0.1) is 0 Å². The molecule has 1 aliphatic heterocycles. The van der Waals surface area contributed by atoms with Gasteiger partial charge in [-0.3, -0.25) is 4.79 Å². The molecule has 2 heterocycles. The van der Waals surface area contributed by atoms with Gasteiger partial charge in [-0.25, -0.2) is 19.0 Å². The van der Waals surface area contributed by atoms with Crippen molar-refractivity contribution in [3.8, 4) is 5.75 Å². The van der Waals surface area contributed by atoms with Gasteiger partial charge in [0.15, 0.2) is 0 Å². The molecular weight excluding hydrogens is 588 g/mol. The molecule has 0 saturated carbocycles. The molecule has 1 aromatic heterocycles. The number of amides is 1. The Kier molecular flexibility index (Phi) is 8.03. The van der Waals surface area contributed by atoms with Crippen LogP contribution in [0, 0.1) is 5.82 Å². The predicted octanol–water partition coefficient (Wildman–Crippen LogP) is 6.24. The number of benzene rings is 3. The number of carbonyl (C=O) groups is 3. The smallest absolute Gasteiger partial charge is 0.416 e. The number of para-hydroxylation sites is 1. The fourth-order valence-corrected chi connectivity index (χ4v) is 4.34. The van der Waals surface area contributed by atoms with Gasteiger partial charge in [0, 0.05) is 17.7 Å². The van der Waals surface area contributed by atoms with E-state index < -0.39 is 41.0 Å². The predicted molar refractivity (Wildman–Crippen MR) is 144 cm³/mol. The lowest BCUT2D eigenvalue weighted by atomic mass is 9.98. The summed E-state index contributed by atoms with van der Waals surface area (Å²) in [5.74, 6) is -4.22. The second-order valence-corrected chi connectivity index (χ2v) is 10.0. The number of rotatable bonds is 4. The molecule has 0 spiro atoms. The van der Waals surface area contributed by atoms with Crippen LogP contribution >= 0.6 is 11.6 Å². The minimum atomic E-state index is -4.48. The van der Waals surface area contributed by atoms with E-state index in [1.54, 1.807) is 0 Å². The monoisotopic (exact) mass is 608 g/mol. The van der Waals surface area contributed by atoms with Crippen molar-refractivity contribution in [2.24, 2.45) is 0 Å². The summed E-state index contributed by atoms with van der Waals surface area (Å²) in [6.45, 7) is 3.73. The number of nitrogens with one attached hydrogen (secondary N) is 3. The van der Waals surface area contributed by atoms with Crippen LogP contribution in [0.1, 0.15) is 35.3 Å². The van der Waals surface area contributed by atoms with Crippen LogP contribution in [0.25, 0.3) is 11.0 Å². The lowest BCUT2D eigenvalue weighted by molar-refractivity contribution is -0.159. The Morgan fingerprint density at radius 2 is 1.71 bits per heavy atom. The Morgan fingerprint density at radius 3 is 2.29 bits per heavy atom. The number of carboxylic acid groups (broad SMARTS) is 2. The van der Waals surface area contributed by atoms with E-state index in [0.717, 1.165) is 12.1 Å². The highest BCUT2D eigenvalue weighted by atomic mass is 35.5. The maximum Gasteiger partial charge on any atom is 0.416 e. The van der Waals surface area contributed by atoms with Crippen molar-refractivity contribution in [1.29, 1.82) is 0 Å². The van der Waals surface area contributed by atoms with Crippen LogP contribution in [-0.2, 0) is 22.2 Å². The number of alkyl halides is 3. The summed E-state index contributed by atoms with van der Waals surface area (Å²) in [7, 11) is 0. The zero-order valence-corrected chi connectivity index (χ0v) is 22.4. The topological polar surface area (TPSA) is 154 Å². The highest BCUT2D eigenvalue weighted by molar-refractivity contribution is 6.33. The van der Waals surface area contributed by atoms with Gasteiger partial charge < -0.3 is 30.6 Å². The second kappa shape index (κ2) is 11.2. The Balaban J connectivity index is 0.000000612. The van der Waals surface area contributed by atoms with Gasteiger partial charge >= 0.3 is 18.1 Å². The average Bonchev–Trinajstić information content (AvgIpc) is 3.45. The molecule has 220 valence electrons. The first kappa shape index (κ1) is 30.1. The minimum absolute atomic E-state index is 0.0479. The normalized spacial score (nSPS) is 13.4. The number of H-pyrrole nitrogens is 1. The number of anilines is 3. The third kappa shape index (κ3) is 6.54. The fraction of sp³-hybridized carbons (Fsp3) is 0.185. The zero-order valence-electron chi connectivity index (χ0n) is 21.7. The van der Waals surface area contributed by atoms with Crippen LogP contribution in [0.3, 0.4) is 0 Å². The van der Waals surface area contributed by atoms with Crippen LogP contribution in [0.4, 0.5) is 34.9 Å². The van der Waals surface area contributed by atoms with E-state index in [9.17, 15) is 22.4 Å². The molecule has 0 fully saturated rings. The molecule has 5 rings (SSSR count). The van der Waals surface area contributed by atoms with Crippen LogP contribution in [0.5, 0.6) is 5.75 Å². The standard InChI is InChI=1S/C25H19ClF4N4O2.C2H2O4/c1-24(2)11-15-19-18(32-23(33-19)34-20-16(26)4-3-5-17(20)27)10-14(21(15)36-24)22(35)31-13-8-6-12(7-9-13)25(28,29)30;3-1(4)2(5)6/h3-10H,11H2,1-2H3,(H,31,35)(H2,32,33,34);(H,3,4)(H,5,6). The molecule has 0 aliphatic carbocycles. The van der Waals surface area contributed by atoms with Crippen molar-refractivity contribution in [1.82, 2.24) is 9.97 Å². The first-order valence-electron chi connectivity index (χ1n) is 12.0. The molecule has 0 radical (unpaired) electrons. The summed E-state index contributed by atoms with van der Waals surface area (Å²) >= 11 is 6.11. The van der Waals surface area contributed by atoms with Gasteiger partial charge in [0.2, 0.25) is 5.95 Å². The van der Waals surface area contributed by atoms with Gasteiger partial charge in [0.1, 0.15) is 17.2 Å². The van der Waals surface area contributed by atoms with Gasteiger partial charge in [-0.1, -0.05) is 17.7 Å². The Morgan fingerprint density at radius 1 is 1.07 bits per heavy atom. The molecule has 10 nitrogen and oxygen atoms in total. The van der Waals surface area contributed by atoms with Gasteiger partial charge in [0.05, 0.1) is 32.9 Å². The Hall–Kier alpha value is -4.85. The third-order valence-electron chi connectivity index (χ3n) is 5.92. The van der Waals surface area contributed by atoms with E-state index in [0.29, 0.717) is 28.8 Å². The number of carboxylic acids is 2. The molecule has 3 aromatic carbocycles. The van der Waals surface area contributed by atoms with E-state index in [1.807, 2.05) is 13.8 Å². The minimum Gasteiger partial charge on any atom is -0.486 e. The van der Waals surface area contributed by atoms with E-state index in [4.69, 9.17) is 36.1 Å². The number of nitrogens with zero attached hydrogens (tertiary/aromatic N) is 1. The number of ether oxygens (including phenoxy) is 1. The van der Waals surface area contributed by atoms with Crippen LogP contribution in [-0.4, -0.2) is 43.6 Å². The summed E-state index contributed by atoms with van der Waals surface area (Å²) in [6.07, 6.45) is -4.02. The molecule has 0 saturated heterocycles. The number of aromatic amines is 1. The van der Waals surface area contributed by atoms with E-state index in [2.05, 4.69) is 20.6 Å². The molecule has 15 heteroatoms. The summed E-state index contributed by atoms with van der Waals surface area (Å²) < 4.78 is 58.9. The number of hydrogen-bond acceptors (Lipinski definition) is 6. The average molecular weight is 609 g/mol. The number of hydrogen-bond donors (Lipinski definition) is 5. The van der Waals surface area contributed by atoms with Crippen LogP contribution in [0.2, 0.25) is 5.02 Å². The Bertz CT molecular complexity index is 1670. The molecule has 5 N–H and O–H groups in total. The van der Waals surface area contributed by atoms with E-state index in [-0.39, 0.29) is 27.9 Å². The summed E-state index contributed by atoms with van der Waals surface area (Å²) in [6, 6.07) is 9.93. The zero-order chi connectivity index (χ0) is 31.0. The van der Waals surface area contributed by atoms with Crippen molar-refractivity contribution >= 4 is 57.8 Å². The number of aliphatic carboxylic acids is 2. The molecule has 1 amide bonds. The summed E-state index contributed by atoms with van der Waals surface area (Å²) in [5, 5.41) is 20.4. The van der Waals surface area contributed by atoms with Crippen molar-refractivity contribution in [3.05, 3.63) is 76.1 Å². The first-order valence-corrected chi connectivity index (χ1v) is 12.3. The van der Waals surface area contributed by atoms with Gasteiger partial charge in [-0.05, 0) is 56.3 Å². The second-order valence-electron chi connectivity index (χ2n) is 9.61. The van der Waals surface area contributed by atoms with Crippen LogP contribution in [0.15, 0.2) is 48.5 Å². The SMILES string of the molecule is CC1(C)Cc2c(c(C(=O)Nc3ccc(C(F)(F)F)cc3)cc3nc(Nc4c(F)cccc4Cl)[nH]c23)O1.O=C(O)C(=O)O. The van der Waals surface area contributed by atoms with Crippen molar-refractivity contribution in [2.75, 3.05) is 10.6 Å². The molecule has 0 unspecified atom stereocenters. The molecule has 1 aliphatic rings. The quantitative estimate of drug-likeness (QED) is 0.135. The number of carbonyl (C=O) groups excluding carboxylic acids is 1. The van der Waals surface area contributed by atoms with Crippen LogP contribution < -0.4 is 15.4 Å². The number of halogens is 5. The maximum absolute atomic E-state index is 14.3. The van der Waals surface area contributed by atoms with Gasteiger partial charge in [-0.2, -0.15) is 13.2 Å². The van der Waals surface area contributed by atoms with Crippen molar-refractivity contribution < 1.29 is 46.9 Å². The Labute approximate surface area is 239 Å². The molecular formula is C27H21ClF4N4O6. The fourth-order valence-electron chi connectivity index (χ4n) is 4.13. The number of fused-ring (bicyclic) bond motifs is 3. The van der Waals surface area contributed by atoms with Crippen molar-refractivity contribution in [3.63, 3.8) is 0 Å². The maximum atomic E-state index is 14.3. The summed E-state index contributed by atoms with van der Waals surface area (Å²) in [5.41, 5.74) is 0.705. The highest BCUT2D eigenvalue weighted by Gasteiger charge is 2.36. The summed E-state index contributed by atoms with van der Waals surface area (Å²) in [4.78, 5) is 38.9. The number of imidazole rings is 1. The third-order valence-corrected chi connectivity index (χ3v) is 6.23. The first-order chi connectivity index (χ1) is 19.6. The highest BCUT2D eigenvalue weighted by Crippen LogP contribution is 2.42. The number of aromatic nitrogens is 2. The largest absolute Gasteiger partial charge is 0.486 e. The lowest BCUT2D eigenvalue weighted by Crippen LogP contribution is -2.25. The van der Waals surface area contributed by atoms with E-state index in [1.165, 1.54) is 36.4 Å². The molecule has 0 atom stereocenters. The lowest BCUT2D eigenvalue weighted by Gasteiger charge is -2.18.